The molecule has 1 aromatic heterocycles. The summed E-state index contributed by atoms with van der Waals surface area (Å²) in [6.07, 6.45) is 1.39. The molecule has 14 heavy (non-hydrogen) atoms. The summed E-state index contributed by atoms with van der Waals surface area (Å²) in [6, 6.07) is -0.680. The van der Waals surface area contributed by atoms with E-state index in [0.29, 0.717) is 10.3 Å². The lowest BCUT2D eigenvalue weighted by atomic mass is 10.3. The van der Waals surface area contributed by atoms with Crippen LogP contribution in [0.1, 0.15) is 12.6 Å². The Labute approximate surface area is 89.7 Å². The molecule has 6 heteroatoms. The van der Waals surface area contributed by atoms with Gasteiger partial charge in [0.2, 0.25) is 0 Å². The number of rotatable bonds is 3. The molecule has 0 saturated heterocycles. The number of aromatic nitrogens is 2. The average molecular weight is 260 g/mol. The van der Waals surface area contributed by atoms with Crippen molar-refractivity contribution in [2.45, 2.75) is 19.9 Å². The number of halogens is 1. The Balaban J connectivity index is 2.87. The Morgan fingerprint density at radius 2 is 2.29 bits per heavy atom. The molecule has 1 unspecified atom stereocenters. The third-order valence-electron chi connectivity index (χ3n) is 1.69. The number of carbonyl (C=O) groups is 1. The van der Waals surface area contributed by atoms with Crippen molar-refractivity contribution in [3.05, 3.63) is 16.5 Å². The Kier molecular flexibility index (Phi) is 3.40. The molecule has 0 bridgehead atoms. The fourth-order valence-electron chi connectivity index (χ4n) is 0.825. The van der Waals surface area contributed by atoms with Gasteiger partial charge >= 0.3 is 5.97 Å². The minimum absolute atomic E-state index is 0.493. The van der Waals surface area contributed by atoms with E-state index >= 15 is 0 Å². The van der Waals surface area contributed by atoms with Crippen LogP contribution in [0, 0.1) is 6.92 Å². The first-order valence-corrected chi connectivity index (χ1v) is 4.78. The van der Waals surface area contributed by atoms with Crippen molar-refractivity contribution in [3.8, 4) is 0 Å². The number of carboxylic acids is 1. The van der Waals surface area contributed by atoms with E-state index in [1.54, 1.807) is 6.92 Å². The zero-order chi connectivity index (χ0) is 10.7. The first-order valence-electron chi connectivity index (χ1n) is 3.99. The van der Waals surface area contributed by atoms with Crippen molar-refractivity contribution in [1.29, 1.82) is 0 Å². The van der Waals surface area contributed by atoms with Gasteiger partial charge in [0, 0.05) is 0 Å². The standard InChI is InChI=1S/C8H10BrN3O2/c1-4-6(9)7(11-3-10-4)12-5(2)8(13)14/h3,5H,1-2H3,(H,13,14)(H,10,11,12). The number of carboxylic acid groups (broad SMARTS) is 1. The van der Waals surface area contributed by atoms with Gasteiger partial charge in [-0.15, -0.1) is 0 Å². The van der Waals surface area contributed by atoms with Gasteiger partial charge in [-0.3, -0.25) is 4.79 Å². The van der Waals surface area contributed by atoms with E-state index in [-0.39, 0.29) is 0 Å². The molecular weight excluding hydrogens is 250 g/mol. The van der Waals surface area contributed by atoms with Gasteiger partial charge in [0.15, 0.2) is 0 Å². The SMILES string of the molecule is Cc1ncnc(NC(C)C(=O)O)c1Br. The maximum absolute atomic E-state index is 10.6. The van der Waals surface area contributed by atoms with Crippen LogP contribution >= 0.6 is 15.9 Å². The van der Waals surface area contributed by atoms with Crippen molar-refractivity contribution >= 4 is 27.7 Å². The number of aliphatic carboxylic acids is 1. The molecule has 0 aliphatic carbocycles. The molecule has 0 aliphatic rings. The number of nitrogens with one attached hydrogen (secondary N) is 1. The number of aryl methyl sites for hydroxylation is 1. The first-order chi connectivity index (χ1) is 6.52. The molecule has 0 amide bonds. The molecular formula is C8H10BrN3O2. The molecule has 1 aromatic rings. The molecule has 5 nitrogen and oxygen atoms in total. The van der Waals surface area contributed by atoms with Crippen LogP contribution in [-0.2, 0) is 4.79 Å². The van der Waals surface area contributed by atoms with Gasteiger partial charge in [-0.1, -0.05) is 0 Å². The van der Waals surface area contributed by atoms with E-state index < -0.39 is 12.0 Å². The second-order valence-corrected chi connectivity index (χ2v) is 3.62. The van der Waals surface area contributed by atoms with Crippen LogP contribution in [0.4, 0.5) is 5.82 Å². The van der Waals surface area contributed by atoms with E-state index in [1.165, 1.54) is 6.33 Å². The second kappa shape index (κ2) is 4.36. The highest BCUT2D eigenvalue weighted by Gasteiger charge is 2.13. The minimum Gasteiger partial charge on any atom is -0.480 e. The van der Waals surface area contributed by atoms with Crippen molar-refractivity contribution in [3.63, 3.8) is 0 Å². The Morgan fingerprint density at radius 1 is 1.64 bits per heavy atom. The number of hydrogen-bond acceptors (Lipinski definition) is 4. The summed E-state index contributed by atoms with van der Waals surface area (Å²) in [5, 5.41) is 11.4. The molecule has 0 spiro atoms. The number of nitrogens with zero attached hydrogens (tertiary/aromatic N) is 2. The van der Waals surface area contributed by atoms with Gasteiger partial charge < -0.3 is 10.4 Å². The van der Waals surface area contributed by atoms with Crippen LogP contribution < -0.4 is 5.32 Å². The third kappa shape index (κ3) is 2.41. The summed E-state index contributed by atoms with van der Waals surface area (Å²) in [5.41, 5.74) is 0.764. The highest BCUT2D eigenvalue weighted by Crippen LogP contribution is 2.21. The van der Waals surface area contributed by atoms with Crippen molar-refractivity contribution < 1.29 is 9.90 Å². The normalized spacial score (nSPS) is 12.2. The zero-order valence-electron chi connectivity index (χ0n) is 7.78. The van der Waals surface area contributed by atoms with Gasteiger partial charge in [-0.2, -0.15) is 0 Å². The molecule has 0 aliphatic heterocycles. The molecule has 76 valence electrons. The van der Waals surface area contributed by atoms with Crippen LogP contribution in [0.3, 0.4) is 0 Å². The highest BCUT2D eigenvalue weighted by atomic mass is 79.9. The molecule has 1 rings (SSSR count). The van der Waals surface area contributed by atoms with Crippen molar-refractivity contribution in [2.24, 2.45) is 0 Å². The number of anilines is 1. The van der Waals surface area contributed by atoms with Gasteiger partial charge in [-0.25, -0.2) is 9.97 Å². The third-order valence-corrected chi connectivity index (χ3v) is 2.64. The zero-order valence-corrected chi connectivity index (χ0v) is 9.37. The van der Waals surface area contributed by atoms with Gasteiger partial charge in [0.25, 0.3) is 0 Å². The summed E-state index contributed by atoms with van der Waals surface area (Å²) in [4.78, 5) is 18.5. The summed E-state index contributed by atoms with van der Waals surface area (Å²) in [6.45, 7) is 3.36. The largest absolute Gasteiger partial charge is 0.480 e. The Hall–Kier alpha value is -1.17. The van der Waals surface area contributed by atoms with Crippen LogP contribution in [0.2, 0.25) is 0 Å². The maximum atomic E-state index is 10.6. The monoisotopic (exact) mass is 259 g/mol. The first kappa shape index (κ1) is 10.9. The van der Waals surface area contributed by atoms with E-state index in [0.717, 1.165) is 5.69 Å². The average Bonchev–Trinajstić information content (AvgIpc) is 2.12. The van der Waals surface area contributed by atoms with Crippen LogP contribution in [0.5, 0.6) is 0 Å². The van der Waals surface area contributed by atoms with E-state index in [2.05, 4.69) is 31.2 Å². The molecule has 0 fully saturated rings. The van der Waals surface area contributed by atoms with E-state index in [1.807, 2.05) is 6.92 Å². The van der Waals surface area contributed by atoms with Crippen LogP contribution in [0.25, 0.3) is 0 Å². The predicted octanol–water partition coefficient (Wildman–Crippen LogP) is 1.43. The lowest BCUT2D eigenvalue weighted by molar-refractivity contribution is -0.137. The predicted molar refractivity (Wildman–Crippen MR) is 55.2 cm³/mol. The highest BCUT2D eigenvalue weighted by molar-refractivity contribution is 9.10. The summed E-state index contributed by atoms with van der Waals surface area (Å²) >= 11 is 3.28. The Morgan fingerprint density at radius 3 is 2.86 bits per heavy atom. The topological polar surface area (TPSA) is 75.1 Å². The smallest absolute Gasteiger partial charge is 0.325 e. The lowest BCUT2D eigenvalue weighted by Gasteiger charge is -2.11. The van der Waals surface area contributed by atoms with Gasteiger partial charge in [0.1, 0.15) is 18.2 Å². The quantitative estimate of drug-likeness (QED) is 0.859. The van der Waals surface area contributed by atoms with Gasteiger partial charge in [-0.05, 0) is 29.8 Å². The Bertz CT molecular complexity index is 356. The summed E-state index contributed by atoms with van der Waals surface area (Å²) in [5.74, 6) is -0.430. The maximum Gasteiger partial charge on any atom is 0.325 e. The fourth-order valence-corrected chi connectivity index (χ4v) is 1.14. The van der Waals surface area contributed by atoms with Crippen molar-refractivity contribution in [1.82, 2.24) is 9.97 Å². The summed E-state index contributed by atoms with van der Waals surface area (Å²) < 4.78 is 0.688. The second-order valence-electron chi connectivity index (χ2n) is 2.83. The molecule has 0 radical (unpaired) electrons. The van der Waals surface area contributed by atoms with Crippen LogP contribution in [0.15, 0.2) is 10.8 Å². The lowest BCUT2D eigenvalue weighted by Crippen LogP contribution is -2.26. The van der Waals surface area contributed by atoms with E-state index in [9.17, 15) is 4.79 Å². The molecule has 0 aromatic carbocycles. The van der Waals surface area contributed by atoms with Crippen molar-refractivity contribution in [2.75, 3.05) is 5.32 Å². The summed E-state index contributed by atoms with van der Waals surface area (Å²) in [7, 11) is 0. The van der Waals surface area contributed by atoms with Crippen LogP contribution in [-0.4, -0.2) is 27.1 Å². The number of hydrogen-bond donors (Lipinski definition) is 2. The van der Waals surface area contributed by atoms with Gasteiger partial charge in [0.05, 0.1) is 10.2 Å². The fraction of sp³-hybridized carbons (Fsp3) is 0.375. The molecule has 2 N–H and O–H groups in total. The molecule has 1 heterocycles. The minimum atomic E-state index is -0.923. The molecule has 0 saturated carbocycles. The van der Waals surface area contributed by atoms with E-state index in [4.69, 9.17) is 5.11 Å². The molecule has 1 atom stereocenters.